The molecule has 3 fully saturated rings. The van der Waals surface area contributed by atoms with Crippen LogP contribution in [0.25, 0.3) is 0 Å². The molecule has 32 heavy (non-hydrogen) atoms. The lowest BCUT2D eigenvalue weighted by molar-refractivity contribution is -0.321. The van der Waals surface area contributed by atoms with Crippen LogP contribution in [-0.2, 0) is 28.7 Å². The first-order chi connectivity index (χ1) is 14.9. The third-order valence-electron chi connectivity index (χ3n) is 6.25. The third-order valence-corrected chi connectivity index (χ3v) is 6.25. The zero-order valence-electron chi connectivity index (χ0n) is 17.4. The number of hydrogen-bond acceptors (Lipinski definition) is 7. The van der Waals surface area contributed by atoms with E-state index in [2.05, 4.69) is 20.1 Å². The number of halogens is 3. The molecule has 2 heterocycles. The van der Waals surface area contributed by atoms with Crippen LogP contribution in [0, 0.1) is 11.3 Å². The molecule has 3 amide bonds. The zero-order chi connectivity index (χ0) is 23.7. The van der Waals surface area contributed by atoms with Gasteiger partial charge in [0, 0.05) is 26.1 Å². The van der Waals surface area contributed by atoms with E-state index in [4.69, 9.17) is 0 Å². The number of likely N-dealkylation sites (tertiary alicyclic amines) is 1. The second kappa shape index (κ2) is 9.32. The number of aliphatic hydroxyl groups is 1. The summed E-state index contributed by atoms with van der Waals surface area (Å²) in [6.07, 6.45) is -4.75. The van der Waals surface area contributed by atoms with E-state index < -0.39 is 54.9 Å². The van der Waals surface area contributed by atoms with Crippen LogP contribution in [-0.4, -0.2) is 85.1 Å². The number of ether oxygens (including phenoxy) is 2. The van der Waals surface area contributed by atoms with Gasteiger partial charge in [0.15, 0.2) is 5.78 Å². The van der Waals surface area contributed by atoms with Crippen LogP contribution in [0.4, 0.5) is 13.2 Å². The normalized spacial score (nSPS) is 26.0. The number of aliphatic hydroxyl groups excluding tert-OH is 1. The summed E-state index contributed by atoms with van der Waals surface area (Å²) in [6, 6.07) is -2.43. The lowest BCUT2D eigenvalue weighted by atomic mass is 9.95. The molecule has 180 valence electrons. The van der Waals surface area contributed by atoms with Gasteiger partial charge in [-0.25, -0.2) is 0 Å². The molecule has 2 saturated heterocycles. The number of amides is 3. The van der Waals surface area contributed by atoms with E-state index in [9.17, 15) is 37.5 Å². The topological polar surface area (TPSA) is 134 Å². The molecule has 1 unspecified atom stereocenters. The maximum Gasteiger partial charge on any atom is 0.522 e. The highest BCUT2D eigenvalue weighted by molar-refractivity contribution is 5.94. The highest BCUT2D eigenvalue weighted by Gasteiger charge is 2.56. The smallest absolute Gasteiger partial charge is 0.361 e. The Morgan fingerprint density at radius 3 is 2.56 bits per heavy atom. The van der Waals surface area contributed by atoms with Gasteiger partial charge in [0.1, 0.15) is 12.6 Å². The number of carbonyl (C=O) groups excluding carboxylic acids is 4. The monoisotopic (exact) mass is 465 g/mol. The first kappa shape index (κ1) is 24.4. The molecule has 0 aromatic heterocycles. The molecule has 3 N–H and O–H groups in total. The number of Topliss-reactive ketones (excluding diaryl/α,β-unsaturated/α-hetero) is 1. The third kappa shape index (κ3) is 5.75. The molecule has 13 heteroatoms. The fourth-order valence-electron chi connectivity index (χ4n) is 4.25. The van der Waals surface area contributed by atoms with Gasteiger partial charge in [-0.3, -0.25) is 23.9 Å². The van der Waals surface area contributed by atoms with Gasteiger partial charge in [-0.05, 0) is 37.5 Å². The minimum Gasteiger partial charge on any atom is -0.361 e. The molecule has 0 aromatic rings. The first-order valence-electron chi connectivity index (χ1n) is 10.3. The minimum atomic E-state index is -5.03. The van der Waals surface area contributed by atoms with E-state index in [-0.39, 0.29) is 24.3 Å². The molecule has 0 bridgehead atoms. The number of ketones is 1. The molecular formula is C19H26F3N3O7. The van der Waals surface area contributed by atoms with Crippen molar-refractivity contribution < 1.29 is 46.9 Å². The Kier molecular flexibility index (Phi) is 7.10. The van der Waals surface area contributed by atoms with Crippen LogP contribution >= 0.6 is 0 Å². The Morgan fingerprint density at radius 2 is 2.03 bits per heavy atom. The van der Waals surface area contributed by atoms with Crippen LogP contribution in [0.5, 0.6) is 0 Å². The highest BCUT2D eigenvalue weighted by Crippen LogP contribution is 2.54. The lowest BCUT2D eigenvalue weighted by Gasteiger charge is -2.28. The molecule has 4 atom stereocenters. The van der Waals surface area contributed by atoms with Crippen LogP contribution in [0.15, 0.2) is 0 Å². The summed E-state index contributed by atoms with van der Waals surface area (Å²) < 4.78 is 45.4. The number of methoxy groups -OCH3 is 1. The van der Waals surface area contributed by atoms with Crippen molar-refractivity contribution in [1.82, 2.24) is 15.5 Å². The number of hydrogen-bond donors (Lipinski definition) is 3. The molecule has 10 nitrogen and oxygen atoms in total. The van der Waals surface area contributed by atoms with Crippen LogP contribution in [0.2, 0.25) is 0 Å². The molecule has 1 aliphatic carbocycles. The summed E-state index contributed by atoms with van der Waals surface area (Å²) >= 11 is 0. The van der Waals surface area contributed by atoms with E-state index >= 15 is 0 Å². The summed E-state index contributed by atoms with van der Waals surface area (Å²) in [4.78, 5) is 51.0. The Labute approximate surface area is 181 Å². The fourth-order valence-corrected chi connectivity index (χ4v) is 4.25. The van der Waals surface area contributed by atoms with Gasteiger partial charge in [0.2, 0.25) is 18.1 Å². The predicted octanol–water partition coefficient (Wildman–Crippen LogP) is -0.551. The molecular weight excluding hydrogens is 439 g/mol. The van der Waals surface area contributed by atoms with Gasteiger partial charge in [-0.2, -0.15) is 0 Å². The van der Waals surface area contributed by atoms with E-state index in [1.165, 1.54) is 4.90 Å². The standard InChI is InChI=1S/C19H26F3N3O7/c1-31-17(30)16(29)25-9-18(3-4-18)7-12(25)15(28)24-11(6-10-2-5-23-14(10)27)13(26)8-32-19(20,21)22/h10-12,17,30H,2-9H2,1H3,(H,23,27)(H,24,28)/t10-,11-,12-,17?/m0/s1. The van der Waals surface area contributed by atoms with Crippen molar-refractivity contribution in [1.29, 1.82) is 0 Å². The van der Waals surface area contributed by atoms with Crippen LogP contribution in [0.3, 0.4) is 0 Å². The maximum atomic E-state index is 13.0. The van der Waals surface area contributed by atoms with E-state index in [0.717, 1.165) is 20.0 Å². The van der Waals surface area contributed by atoms with Gasteiger partial charge in [0.05, 0.1) is 6.04 Å². The molecule has 3 rings (SSSR count). The summed E-state index contributed by atoms with van der Waals surface area (Å²) in [5.41, 5.74) is -0.255. The SMILES string of the molecule is COC(O)C(=O)N1CC2(CC2)C[C@H]1C(=O)N[C@@H](C[C@@H]1CCNC1=O)C(=O)COC(F)(F)F. The van der Waals surface area contributed by atoms with Crippen molar-refractivity contribution in [3.63, 3.8) is 0 Å². The van der Waals surface area contributed by atoms with Gasteiger partial charge in [-0.15, -0.1) is 13.2 Å². The summed E-state index contributed by atoms with van der Waals surface area (Å²) in [5, 5.41) is 14.7. The summed E-state index contributed by atoms with van der Waals surface area (Å²) in [5.74, 6) is -3.60. The average molecular weight is 465 g/mol. The van der Waals surface area contributed by atoms with Crippen molar-refractivity contribution in [2.75, 3.05) is 26.8 Å². The van der Waals surface area contributed by atoms with E-state index in [0.29, 0.717) is 19.4 Å². The average Bonchev–Trinajstić information content (AvgIpc) is 3.19. The largest absolute Gasteiger partial charge is 0.522 e. The van der Waals surface area contributed by atoms with Gasteiger partial charge < -0.3 is 25.4 Å². The van der Waals surface area contributed by atoms with Crippen molar-refractivity contribution >= 4 is 23.5 Å². The minimum absolute atomic E-state index is 0.190. The summed E-state index contributed by atoms with van der Waals surface area (Å²) in [7, 11) is 1.13. The molecule has 1 saturated carbocycles. The quantitative estimate of drug-likeness (QED) is 0.389. The molecule has 2 aliphatic heterocycles. The maximum absolute atomic E-state index is 13.0. The molecule has 3 aliphatic rings. The van der Waals surface area contributed by atoms with Crippen molar-refractivity contribution in [3.05, 3.63) is 0 Å². The summed E-state index contributed by atoms with van der Waals surface area (Å²) in [6.45, 7) is -0.729. The number of nitrogens with zero attached hydrogens (tertiary/aromatic N) is 1. The zero-order valence-corrected chi connectivity index (χ0v) is 17.4. The second-order valence-corrected chi connectivity index (χ2v) is 8.55. The van der Waals surface area contributed by atoms with Gasteiger partial charge in [-0.1, -0.05) is 0 Å². The first-order valence-corrected chi connectivity index (χ1v) is 10.3. The van der Waals surface area contributed by atoms with Crippen molar-refractivity contribution in [2.24, 2.45) is 11.3 Å². The van der Waals surface area contributed by atoms with E-state index in [1.807, 2.05) is 0 Å². The van der Waals surface area contributed by atoms with Gasteiger partial charge >= 0.3 is 6.36 Å². The van der Waals surface area contributed by atoms with E-state index in [1.54, 1.807) is 0 Å². The Morgan fingerprint density at radius 1 is 1.34 bits per heavy atom. The van der Waals surface area contributed by atoms with Crippen LogP contribution in [0.1, 0.15) is 32.1 Å². The number of carbonyl (C=O) groups is 4. The van der Waals surface area contributed by atoms with Crippen LogP contribution < -0.4 is 10.6 Å². The van der Waals surface area contributed by atoms with Crippen molar-refractivity contribution in [3.8, 4) is 0 Å². The highest BCUT2D eigenvalue weighted by atomic mass is 19.4. The number of nitrogens with one attached hydrogen (secondary N) is 2. The fraction of sp³-hybridized carbons (Fsp3) is 0.789. The second-order valence-electron chi connectivity index (χ2n) is 8.55. The molecule has 0 radical (unpaired) electrons. The lowest BCUT2D eigenvalue weighted by Crippen LogP contribution is -2.53. The Balaban J connectivity index is 1.72. The Bertz CT molecular complexity index is 772. The molecule has 0 aromatic carbocycles. The van der Waals surface area contributed by atoms with Crippen molar-refractivity contribution in [2.45, 2.75) is 56.8 Å². The molecule has 1 spiro atoms. The number of alkyl halides is 3. The number of rotatable bonds is 9. The predicted molar refractivity (Wildman–Crippen MR) is 99.5 cm³/mol. The van der Waals surface area contributed by atoms with Gasteiger partial charge in [0.25, 0.3) is 5.91 Å². The Hall–Kier alpha value is -2.25.